The number of nitrogens with one attached hydrogen (secondary N) is 2. The molecule has 394 valence electrons. The molecule has 0 aromatic heterocycles. The normalized spacial score (nSPS) is 16.4. The van der Waals surface area contributed by atoms with Gasteiger partial charge < -0.3 is 39.4 Å². The highest BCUT2D eigenvalue weighted by atomic mass is 35.5. The Morgan fingerprint density at radius 1 is 0.569 bits per heavy atom. The summed E-state index contributed by atoms with van der Waals surface area (Å²) in [5, 5.41) is 7.92. The minimum Gasteiger partial charge on any atom is -0.379 e. The van der Waals surface area contributed by atoms with Crippen LogP contribution < -0.4 is 10.6 Å². The van der Waals surface area contributed by atoms with Crippen LogP contribution in [0.15, 0.2) is 82.6 Å². The summed E-state index contributed by atoms with van der Waals surface area (Å²) in [6, 6.07) is 21.5. The van der Waals surface area contributed by atoms with Crippen LogP contribution >= 0.6 is 46.4 Å². The molecule has 0 saturated carbocycles. The van der Waals surface area contributed by atoms with Crippen molar-refractivity contribution in [2.45, 2.75) is 47.6 Å². The zero-order valence-corrected chi connectivity index (χ0v) is 45.6. The molecule has 2 atom stereocenters. The minimum absolute atomic E-state index is 0.0162. The topological polar surface area (TPSA) is 173 Å². The van der Waals surface area contributed by atoms with Gasteiger partial charge in [0.05, 0.1) is 74.0 Å². The molecule has 2 heterocycles. The van der Waals surface area contributed by atoms with Crippen LogP contribution in [0, 0.1) is 0 Å². The number of carbonyl (C=O) groups is 2. The molecule has 4 aromatic carbocycles. The summed E-state index contributed by atoms with van der Waals surface area (Å²) in [5.74, 6) is -0.588. The van der Waals surface area contributed by atoms with Crippen molar-refractivity contribution in [3.05, 3.63) is 126 Å². The minimum atomic E-state index is -3.50. The van der Waals surface area contributed by atoms with Crippen LogP contribution in [-0.2, 0) is 61.3 Å². The average Bonchev–Trinajstić information content (AvgIpc) is 3.32. The number of carbonyl (C=O) groups excluding carboxylic acids is 2. The van der Waals surface area contributed by atoms with E-state index in [-0.39, 0.29) is 124 Å². The standard InChI is InChI=1S/C51H65Cl4N5O10S2/c1-58-30-44(42-26-38(52)28-48(54)46(42)32-58)36-6-10-40(11-7-36)71(63,64)24-4-16-67-20-22-69-18-14-56-50(61)34-60(3)35-51(62)57-15-19-70-23-21-68-17-5-25-72(65,66)41-12-8-37(9-13-41)45-31-59(2)33-47-43(45)27-39(53)29-49(47)55/h6-13,26-29,44-45H,4-5,14-25,30-35H2,1-3H3,(H,56,61)(H,57,62). The molecule has 0 spiro atoms. The van der Waals surface area contributed by atoms with Gasteiger partial charge >= 0.3 is 0 Å². The molecule has 2 unspecified atom stereocenters. The highest BCUT2D eigenvalue weighted by Gasteiger charge is 2.29. The third-order valence-corrected chi connectivity index (χ3v) is 17.1. The molecule has 2 amide bonds. The highest BCUT2D eigenvalue weighted by molar-refractivity contribution is 7.91. The smallest absolute Gasteiger partial charge is 0.234 e. The fraction of sp³-hybridized carbons (Fsp3) is 0.490. The highest BCUT2D eigenvalue weighted by Crippen LogP contribution is 2.40. The fourth-order valence-corrected chi connectivity index (χ4v) is 12.5. The van der Waals surface area contributed by atoms with Crippen molar-refractivity contribution < 1.29 is 45.4 Å². The number of nitrogens with zero attached hydrogens (tertiary/aromatic N) is 3. The number of halogens is 4. The Bertz CT molecular complexity index is 2490. The van der Waals surface area contributed by atoms with Gasteiger partial charge in [0.2, 0.25) is 11.8 Å². The molecule has 72 heavy (non-hydrogen) atoms. The van der Waals surface area contributed by atoms with Gasteiger partial charge in [0, 0.05) is 84.4 Å². The van der Waals surface area contributed by atoms with Crippen molar-refractivity contribution in [3.8, 4) is 0 Å². The lowest BCUT2D eigenvalue weighted by Gasteiger charge is -2.33. The predicted molar refractivity (Wildman–Crippen MR) is 282 cm³/mol. The summed E-state index contributed by atoms with van der Waals surface area (Å²) < 4.78 is 74.4. The summed E-state index contributed by atoms with van der Waals surface area (Å²) >= 11 is 25.7. The number of ether oxygens (including phenoxy) is 4. The van der Waals surface area contributed by atoms with Crippen LogP contribution in [0.25, 0.3) is 0 Å². The van der Waals surface area contributed by atoms with Crippen LogP contribution in [0.5, 0.6) is 0 Å². The Morgan fingerprint density at radius 2 is 0.931 bits per heavy atom. The van der Waals surface area contributed by atoms with E-state index in [4.69, 9.17) is 65.4 Å². The molecule has 0 radical (unpaired) electrons. The molecule has 2 aliphatic rings. The summed E-state index contributed by atoms with van der Waals surface area (Å²) in [6.45, 7) is 5.71. The largest absolute Gasteiger partial charge is 0.379 e. The predicted octanol–water partition coefficient (Wildman–Crippen LogP) is 6.71. The van der Waals surface area contributed by atoms with Crippen molar-refractivity contribution >= 4 is 77.9 Å². The van der Waals surface area contributed by atoms with Crippen LogP contribution in [0.3, 0.4) is 0 Å². The molecule has 0 aliphatic carbocycles. The monoisotopic (exact) mass is 1110 g/mol. The van der Waals surface area contributed by atoms with E-state index in [1.54, 1.807) is 48.3 Å². The zero-order chi connectivity index (χ0) is 51.8. The molecular weight excluding hydrogens is 1050 g/mol. The van der Waals surface area contributed by atoms with Gasteiger partial charge in [-0.05, 0) is 116 Å². The van der Waals surface area contributed by atoms with Crippen molar-refractivity contribution in [1.82, 2.24) is 25.3 Å². The number of amides is 2. The summed E-state index contributed by atoms with van der Waals surface area (Å²) in [5.41, 5.74) is 6.18. The van der Waals surface area contributed by atoms with Gasteiger partial charge in [-0.3, -0.25) is 14.5 Å². The van der Waals surface area contributed by atoms with E-state index in [9.17, 15) is 26.4 Å². The summed E-state index contributed by atoms with van der Waals surface area (Å²) in [7, 11) is -1.29. The number of fused-ring (bicyclic) bond motifs is 2. The van der Waals surface area contributed by atoms with Crippen LogP contribution in [0.1, 0.15) is 58.1 Å². The van der Waals surface area contributed by atoms with E-state index in [0.29, 0.717) is 32.9 Å². The Hall–Kier alpha value is -3.40. The van der Waals surface area contributed by atoms with Crippen molar-refractivity contribution in [2.75, 3.05) is 125 Å². The van der Waals surface area contributed by atoms with E-state index in [2.05, 4.69) is 20.4 Å². The van der Waals surface area contributed by atoms with Gasteiger partial charge in [-0.15, -0.1) is 0 Å². The second-order valence-corrected chi connectivity index (χ2v) is 24.1. The molecular formula is C51H65Cl4N5O10S2. The SMILES string of the molecule is CN(CC(=O)NCCOCCOCCCS(=O)(=O)c1ccc(C2CN(C)Cc3c(Cl)cc(Cl)cc32)cc1)CC(=O)NCCOCCOCCCS(=O)(=O)c1ccc(C2CN(C)Cc3c(Cl)cc(Cl)cc32)cc1. The van der Waals surface area contributed by atoms with Gasteiger partial charge in [-0.1, -0.05) is 70.7 Å². The Kier molecular flexibility index (Phi) is 22.5. The first kappa shape index (κ1) is 57.9. The number of rotatable bonds is 28. The van der Waals surface area contributed by atoms with E-state index in [1.807, 2.05) is 50.5 Å². The molecule has 21 heteroatoms. The van der Waals surface area contributed by atoms with E-state index < -0.39 is 19.7 Å². The van der Waals surface area contributed by atoms with Gasteiger partial charge in [-0.25, -0.2) is 16.8 Å². The summed E-state index contributed by atoms with van der Waals surface area (Å²) in [4.78, 5) is 31.2. The zero-order valence-electron chi connectivity index (χ0n) is 41.0. The van der Waals surface area contributed by atoms with Crippen molar-refractivity contribution in [2.24, 2.45) is 0 Å². The number of benzene rings is 4. The van der Waals surface area contributed by atoms with Gasteiger partial charge in [0.15, 0.2) is 19.7 Å². The lowest BCUT2D eigenvalue weighted by molar-refractivity contribution is -0.124. The summed E-state index contributed by atoms with van der Waals surface area (Å²) in [6.07, 6.45) is 0.657. The molecule has 6 rings (SSSR count). The average molecular weight is 1110 g/mol. The Morgan fingerprint density at radius 3 is 1.31 bits per heavy atom. The van der Waals surface area contributed by atoms with Gasteiger partial charge in [0.25, 0.3) is 0 Å². The number of sulfone groups is 2. The molecule has 0 saturated heterocycles. The maximum absolute atomic E-state index is 13.0. The van der Waals surface area contributed by atoms with Crippen molar-refractivity contribution in [3.63, 3.8) is 0 Å². The first-order valence-electron chi connectivity index (χ1n) is 23.9. The second kappa shape index (κ2) is 27.9. The third-order valence-electron chi connectivity index (χ3n) is 12.4. The molecule has 2 N–H and O–H groups in total. The maximum Gasteiger partial charge on any atom is 0.234 e. The number of hydrogen-bond acceptors (Lipinski definition) is 13. The molecule has 0 fully saturated rings. The Balaban J connectivity index is 0.731. The molecule has 0 bridgehead atoms. The van der Waals surface area contributed by atoms with Crippen LogP contribution in [-0.4, -0.2) is 168 Å². The van der Waals surface area contributed by atoms with Gasteiger partial charge in [-0.2, -0.15) is 0 Å². The lowest BCUT2D eigenvalue weighted by atomic mass is 9.85. The number of likely N-dealkylation sites (N-methyl/N-ethyl adjacent to an activating group) is 3. The second-order valence-electron chi connectivity index (χ2n) is 18.2. The maximum atomic E-state index is 13.0. The van der Waals surface area contributed by atoms with E-state index in [0.717, 1.165) is 59.6 Å². The quantitative estimate of drug-likeness (QED) is 0.0576. The van der Waals surface area contributed by atoms with Crippen molar-refractivity contribution in [1.29, 1.82) is 0 Å². The lowest BCUT2D eigenvalue weighted by Crippen LogP contribution is -2.42. The van der Waals surface area contributed by atoms with Gasteiger partial charge in [0.1, 0.15) is 0 Å². The van der Waals surface area contributed by atoms with Crippen LogP contribution in [0.2, 0.25) is 20.1 Å². The molecule has 15 nitrogen and oxygen atoms in total. The third kappa shape index (κ3) is 17.3. The van der Waals surface area contributed by atoms with E-state index >= 15 is 0 Å². The number of hydrogen-bond donors (Lipinski definition) is 2. The first-order chi connectivity index (χ1) is 34.4. The molecule has 2 aliphatic heterocycles. The fourth-order valence-electron chi connectivity index (χ4n) is 8.84. The van der Waals surface area contributed by atoms with E-state index in [1.165, 1.54) is 0 Å². The first-order valence-corrected chi connectivity index (χ1v) is 28.7. The Labute approximate surface area is 444 Å². The molecule has 4 aromatic rings. The van der Waals surface area contributed by atoms with Crippen LogP contribution in [0.4, 0.5) is 0 Å².